The van der Waals surface area contributed by atoms with Gasteiger partial charge in [0.25, 0.3) is 0 Å². The topological polar surface area (TPSA) is 41.6 Å². The van der Waals surface area contributed by atoms with E-state index >= 15 is 0 Å². The normalized spacial score (nSPS) is 9.83. The van der Waals surface area contributed by atoms with E-state index < -0.39 is 0 Å². The summed E-state index contributed by atoms with van der Waals surface area (Å²) in [7, 11) is 1.99. The molecule has 12 heavy (non-hydrogen) atoms. The molecule has 0 atom stereocenters. The van der Waals surface area contributed by atoms with Crippen LogP contribution in [0.2, 0.25) is 0 Å². The minimum absolute atomic E-state index is 0.416. The fourth-order valence-electron chi connectivity index (χ4n) is 1.26. The molecule has 0 aromatic carbocycles. The molecule has 0 aliphatic rings. The molecule has 1 rings (SSSR count). The lowest BCUT2D eigenvalue weighted by molar-refractivity contribution is 0.785. The van der Waals surface area contributed by atoms with E-state index in [1.54, 1.807) is 0 Å². The van der Waals surface area contributed by atoms with Crippen molar-refractivity contribution in [1.29, 1.82) is 5.26 Å². The summed E-state index contributed by atoms with van der Waals surface area (Å²) in [5.41, 5.74) is 2.02. The van der Waals surface area contributed by atoms with Crippen LogP contribution in [0.25, 0.3) is 0 Å². The lowest BCUT2D eigenvalue weighted by Crippen LogP contribution is -1.97. The number of nitriles is 1. The number of imidazole rings is 1. The number of hydrogen-bond acceptors (Lipinski definition) is 2. The van der Waals surface area contributed by atoms with Crippen LogP contribution in [0.5, 0.6) is 0 Å². The molecule has 64 valence electrons. The Kier molecular flexibility index (Phi) is 2.49. The lowest BCUT2D eigenvalue weighted by Gasteiger charge is -1.98. The Morgan fingerprint density at radius 3 is 2.67 bits per heavy atom. The van der Waals surface area contributed by atoms with Crippen LogP contribution in [0, 0.1) is 18.3 Å². The molecule has 0 unspecified atom stereocenters. The van der Waals surface area contributed by atoms with Gasteiger partial charge in [0, 0.05) is 19.2 Å². The highest BCUT2D eigenvalue weighted by molar-refractivity contribution is 5.18. The smallest absolute Gasteiger partial charge is 0.108 e. The summed E-state index contributed by atoms with van der Waals surface area (Å²) in [6.45, 7) is 4.07. The van der Waals surface area contributed by atoms with E-state index in [1.165, 1.54) is 0 Å². The van der Waals surface area contributed by atoms with Gasteiger partial charge in [0.05, 0.1) is 18.2 Å². The highest BCUT2D eigenvalue weighted by Gasteiger charge is 2.08. The molecular weight excluding hydrogens is 150 g/mol. The Hall–Kier alpha value is -1.30. The molecule has 3 heteroatoms. The van der Waals surface area contributed by atoms with Crippen LogP contribution in [-0.4, -0.2) is 9.55 Å². The van der Waals surface area contributed by atoms with Gasteiger partial charge in [0.15, 0.2) is 0 Å². The third-order valence-electron chi connectivity index (χ3n) is 2.13. The first kappa shape index (κ1) is 8.79. The van der Waals surface area contributed by atoms with E-state index in [2.05, 4.69) is 18.0 Å². The van der Waals surface area contributed by atoms with Gasteiger partial charge in [-0.1, -0.05) is 6.92 Å². The van der Waals surface area contributed by atoms with Gasteiger partial charge in [-0.15, -0.1) is 0 Å². The second-order valence-corrected chi connectivity index (χ2v) is 2.81. The largest absolute Gasteiger partial charge is 0.335 e. The van der Waals surface area contributed by atoms with Crippen molar-refractivity contribution in [3.63, 3.8) is 0 Å². The number of aryl methyl sites for hydroxylation is 1. The molecule has 0 amide bonds. The molecule has 0 saturated heterocycles. The van der Waals surface area contributed by atoms with Crippen molar-refractivity contribution >= 4 is 0 Å². The summed E-state index contributed by atoms with van der Waals surface area (Å²) >= 11 is 0. The average Bonchev–Trinajstić information content (AvgIpc) is 2.33. The first-order valence-corrected chi connectivity index (χ1v) is 4.08. The number of aromatic nitrogens is 2. The van der Waals surface area contributed by atoms with Crippen LogP contribution in [0.4, 0.5) is 0 Å². The van der Waals surface area contributed by atoms with E-state index in [0.29, 0.717) is 6.42 Å². The molecule has 1 aromatic heterocycles. The molecule has 0 N–H and O–H groups in total. The molecule has 1 aromatic rings. The van der Waals surface area contributed by atoms with Crippen LogP contribution in [-0.2, 0) is 19.9 Å². The Morgan fingerprint density at radius 1 is 1.58 bits per heavy atom. The zero-order chi connectivity index (χ0) is 9.14. The number of nitrogens with zero attached hydrogens (tertiary/aromatic N) is 3. The molecule has 0 fully saturated rings. The Bertz CT molecular complexity index is 317. The molecular formula is C9H13N3. The van der Waals surface area contributed by atoms with Gasteiger partial charge in [-0.2, -0.15) is 5.26 Å². The second-order valence-electron chi connectivity index (χ2n) is 2.81. The van der Waals surface area contributed by atoms with Crippen LogP contribution in [0.3, 0.4) is 0 Å². The predicted octanol–water partition coefficient (Wildman–Crippen LogP) is 1.36. The van der Waals surface area contributed by atoms with Crippen molar-refractivity contribution in [3.8, 4) is 6.07 Å². The molecule has 1 heterocycles. The number of rotatable bonds is 2. The van der Waals surface area contributed by atoms with E-state index in [-0.39, 0.29) is 0 Å². The fraction of sp³-hybridized carbons (Fsp3) is 0.556. The van der Waals surface area contributed by atoms with Crippen molar-refractivity contribution in [2.75, 3.05) is 0 Å². The zero-order valence-electron chi connectivity index (χ0n) is 7.76. The summed E-state index contributed by atoms with van der Waals surface area (Å²) in [4.78, 5) is 4.36. The van der Waals surface area contributed by atoms with Gasteiger partial charge < -0.3 is 4.57 Å². The molecule has 0 radical (unpaired) electrons. The highest BCUT2D eigenvalue weighted by atomic mass is 15.1. The quantitative estimate of drug-likeness (QED) is 0.660. The third kappa shape index (κ3) is 1.33. The van der Waals surface area contributed by atoms with Gasteiger partial charge in [-0.05, 0) is 6.92 Å². The zero-order valence-corrected chi connectivity index (χ0v) is 7.76. The minimum atomic E-state index is 0.416. The Labute approximate surface area is 72.7 Å². The summed E-state index contributed by atoms with van der Waals surface area (Å²) < 4.78 is 2.05. The lowest BCUT2D eigenvalue weighted by atomic mass is 10.3. The van der Waals surface area contributed by atoms with Gasteiger partial charge >= 0.3 is 0 Å². The fourth-order valence-corrected chi connectivity index (χ4v) is 1.26. The van der Waals surface area contributed by atoms with Crippen molar-refractivity contribution in [1.82, 2.24) is 9.55 Å². The molecule has 0 spiro atoms. The second kappa shape index (κ2) is 3.40. The monoisotopic (exact) mass is 163 g/mol. The maximum atomic E-state index is 8.52. The average molecular weight is 163 g/mol. The summed E-state index contributed by atoms with van der Waals surface area (Å²) in [6, 6.07) is 2.11. The molecule has 0 bridgehead atoms. The minimum Gasteiger partial charge on any atom is -0.335 e. The van der Waals surface area contributed by atoms with Gasteiger partial charge in [-0.3, -0.25) is 0 Å². The van der Waals surface area contributed by atoms with Crippen molar-refractivity contribution in [3.05, 3.63) is 17.2 Å². The Balaban J connectivity index is 3.09. The van der Waals surface area contributed by atoms with Gasteiger partial charge in [0.1, 0.15) is 5.82 Å². The van der Waals surface area contributed by atoms with Crippen LogP contribution < -0.4 is 0 Å². The highest BCUT2D eigenvalue weighted by Crippen LogP contribution is 2.09. The maximum Gasteiger partial charge on any atom is 0.108 e. The van der Waals surface area contributed by atoms with Crippen molar-refractivity contribution < 1.29 is 0 Å². The number of hydrogen-bond donors (Lipinski definition) is 0. The molecule has 0 aliphatic carbocycles. The Morgan fingerprint density at radius 2 is 2.25 bits per heavy atom. The van der Waals surface area contributed by atoms with E-state index in [4.69, 9.17) is 5.26 Å². The maximum absolute atomic E-state index is 8.52. The summed E-state index contributed by atoms with van der Waals surface area (Å²) in [5.74, 6) is 1.05. The van der Waals surface area contributed by atoms with Crippen LogP contribution >= 0.6 is 0 Å². The van der Waals surface area contributed by atoms with E-state index in [9.17, 15) is 0 Å². The standard InChI is InChI=1S/C9H13N3/c1-4-9-11-8(5-6-10)7(2)12(9)3/h4-5H2,1-3H3. The van der Waals surface area contributed by atoms with Crippen LogP contribution in [0.15, 0.2) is 0 Å². The van der Waals surface area contributed by atoms with Crippen LogP contribution in [0.1, 0.15) is 24.1 Å². The first-order valence-electron chi connectivity index (χ1n) is 4.08. The molecule has 0 aliphatic heterocycles. The summed E-state index contributed by atoms with van der Waals surface area (Å²) in [6.07, 6.45) is 1.34. The predicted molar refractivity (Wildman–Crippen MR) is 46.6 cm³/mol. The van der Waals surface area contributed by atoms with Crippen molar-refractivity contribution in [2.45, 2.75) is 26.7 Å². The van der Waals surface area contributed by atoms with E-state index in [0.717, 1.165) is 23.6 Å². The third-order valence-corrected chi connectivity index (χ3v) is 2.13. The van der Waals surface area contributed by atoms with Gasteiger partial charge in [0.2, 0.25) is 0 Å². The molecule has 0 saturated carbocycles. The summed E-state index contributed by atoms with van der Waals surface area (Å²) in [5, 5.41) is 8.52. The van der Waals surface area contributed by atoms with Gasteiger partial charge in [-0.25, -0.2) is 4.98 Å². The SMILES string of the molecule is CCc1nc(CC#N)c(C)n1C. The van der Waals surface area contributed by atoms with Crippen molar-refractivity contribution in [2.24, 2.45) is 7.05 Å². The first-order chi connectivity index (χ1) is 5.70. The van der Waals surface area contributed by atoms with E-state index in [1.807, 2.05) is 18.5 Å². The molecule has 3 nitrogen and oxygen atoms in total.